The second kappa shape index (κ2) is 7.52. The molecule has 0 spiro atoms. The Bertz CT molecular complexity index is 931. The zero-order valence-electron chi connectivity index (χ0n) is 14.6. The van der Waals surface area contributed by atoms with Crippen LogP contribution in [0.15, 0.2) is 6.07 Å². The highest BCUT2D eigenvalue weighted by Gasteiger charge is 2.84. The summed E-state index contributed by atoms with van der Waals surface area (Å²) in [6.07, 6.45) is -21.4. The van der Waals surface area contributed by atoms with Crippen molar-refractivity contribution in [2.75, 3.05) is 0 Å². The normalized spacial score (nSPS) is 15.6. The fourth-order valence-corrected chi connectivity index (χ4v) is 1.87. The molecule has 0 saturated carbocycles. The summed E-state index contributed by atoms with van der Waals surface area (Å²) >= 11 is 0. The number of hydrogen-bond acceptors (Lipinski definition) is 2. The molecule has 0 saturated heterocycles. The summed E-state index contributed by atoms with van der Waals surface area (Å²) in [6, 6.07) is -1.65. The summed E-state index contributed by atoms with van der Waals surface area (Å²) < 4.78 is 241. The van der Waals surface area contributed by atoms with Gasteiger partial charge in [-0.15, -0.1) is 0 Å². The first kappa shape index (κ1) is 29.6. The van der Waals surface area contributed by atoms with Crippen LogP contribution in [0.5, 0.6) is 0 Å². The maximum atomic E-state index is 13.6. The van der Waals surface area contributed by atoms with E-state index in [2.05, 4.69) is 0 Å². The van der Waals surface area contributed by atoms with E-state index in [-0.39, 0.29) is 0 Å². The zero-order valence-corrected chi connectivity index (χ0v) is 14.6. The number of halogens is 19. The van der Waals surface area contributed by atoms with Gasteiger partial charge in [0.1, 0.15) is 5.69 Å². The standard InChI is InChI=1S/C12HF19N2O/c13-5(14,9(22,23)11(26,27)28)2-1-3(7(17,18)19)33(32-2)4(34)6(15,16)8(20,21)10(24,25)12(29,30)31/h1H. The Morgan fingerprint density at radius 2 is 1.00 bits per heavy atom. The number of carbonyl (C=O) groups is 1. The summed E-state index contributed by atoms with van der Waals surface area (Å²) in [5.41, 5.74) is -7.05. The van der Waals surface area contributed by atoms with E-state index in [1.165, 1.54) is 5.10 Å². The smallest absolute Gasteiger partial charge is 0.265 e. The molecule has 0 aliphatic carbocycles. The molecule has 1 rings (SSSR count). The summed E-state index contributed by atoms with van der Waals surface area (Å²) in [5.74, 6) is -42.3. The van der Waals surface area contributed by atoms with Crippen LogP contribution < -0.4 is 0 Å². The summed E-state index contributed by atoms with van der Waals surface area (Å²) in [4.78, 5) is 11.4. The Morgan fingerprint density at radius 3 is 1.32 bits per heavy atom. The van der Waals surface area contributed by atoms with E-state index in [0.29, 0.717) is 0 Å². The van der Waals surface area contributed by atoms with E-state index < -0.39 is 76.2 Å². The maximum absolute atomic E-state index is 13.6. The molecule has 1 heterocycles. The summed E-state index contributed by atoms with van der Waals surface area (Å²) in [6.45, 7) is 0. The van der Waals surface area contributed by atoms with Crippen LogP contribution >= 0.6 is 0 Å². The number of rotatable bonds is 5. The van der Waals surface area contributed by atoms with Gasteiger partial charge in [-0.2, -0.15) is 93.2 Å². The molecule has 0 bridgehead atoms. The molecule has 3 nitrogen and oxygen atoms in total. The number of nitrogens with zero attached hydrogens (tertiary/aromatic N) is 2. The third kappa shape index (κ3) is 4.11. The van der Waals surface area contributed by atoms with Gasteiger partial charge < -0.3 is 0 Å². The third-order valence-electron chi connectivity index (χ3n) is 3.68. The Morgan fingerprint density at radius 1 is 0.618 bits per heavy atom. The molecule has 0 fully saturated rings. The van der Waals surface area contributed by atoms with Crippen molar-refractivity contribution < 1.29 is 88.2 Å². The van der Waals surface area contributed by atoms with E-state index in [9.17, 15) is 88.2 Å². The average Bonchev–Trinajstić information content (AvgIpc) is 3.04. The van der Waals surface area contributed by atoms with E-state index in [0.717, 1.165) is 0 Å². The molecule has 1 aromatic rings. The van der Waals surface area contributed by atoms with Gasteiger partial charge in [0.25, 0.3) is 0 Å². The Hall–Kier alpha value is -2.45. The number of hydrogen-bond donors (Lipinski definition) is 0. The second-order valence-corrected chi connectivity index (χ2v) is 6.00. The first-order chi connectivity index (χ1) is 14.5. The molecule has 22 heteroatoms. The summed E-state index contributed by atoms with van der Waals surface area (Å²) in [5, 5.41) is 1.33. The van der Waals surface area contributed by atoms with Crippen LogP contribution in [0.4, 0.5) is 83.4 Å². The van der Waals surface area contributed by atoms with E-state index in [1.54, 1.807) is 0 Å². The molecule has 0 unspecified atom stereocenters. The van der Waals surface area contributed by atoms with Crippen LogP contribution in [-0.4, -0.2) is 51.7 Å². The first-order valence-corrected chi connectivity index (χ1v) is 7.24. The van der Waals surface area contributed by atoms with Gasteiger partial charge in [0, 0.05) is 0 Å². The Labute approximate surface area is 171 Å². The lowest BCUT2D eigenvalue weighted by atomic mass is 10.0. The fraction of sp³-hybridized carbons (Fsp3) is 0.667. The molecule has 0 atom stereocenters. The van der Waals surface area contributed by atoms with Crippen LogP contribution in [0.3, 0.4) is 0 Å². The number of carbonyl (C=O) groups excluding carboxylic acids is 1. The van der Waals surface area contributed by atoms with Gasteiger partial charge in [-0.25, -0.2) is 0 Å². The number of alkyl halides is 19. The monoisotopic (exact) mass is 550 g/mol. The van der Waals surface area contributed by atoms with Gasteiger partial charge in [0.2, 0.25) is 0 Å². The van der Waals surface area contributed by atoms with Crippen molar-refractivity contribution in [1.82, 2.24) is 9.78 Å². The van der Waals surface area contributed by atoms with Crippen molar-refractivity contribution in [1.29, 1.82) is 0 Å². The molecule has 34 heavy (non-hydrogen) atoms. The minimum absolute atomic E-state index is 1.33. The fourth-order valence-electron chi connectivity index (χ4n) is 1.87. The van der Waals surface area contributed by atoms with Gasteiger partial charge in [-0.3, -0.25) is 4.79 Å². The van der Waals surface area contributed by atoms with Gasteiger partial charge in [-0.1, -0.05) is 0 Å². The lowest BCUT2D eigenvalue weighted by Gasteiger charge is -2.32. The second-order valence-electron chi connectivity index (χ2n) is 6.00. The van der Waals surface area contributed by atoms with Gasteiger partial charge in [0.05, 0.1) is 0 Å². The largest absolute Gasteiger partial charge is 0.460 e. The molecular formula is C12HF19N2O. The molecule has 0 radical (unpaired) electrons. The predicted molar refractivity (Wildman–Crippen MR) is 63.6 cm³/mol. The molecule has 0 aromatic carbocycles. The Balaban J connectivity index is 3.85. The van der Waals surface area contributed by atoms with Crippen molar-refractivity contribution in [3.05, 3.63) is 17.5 Å². The molecule has 1 aromatic heterocycles. The van der Waals surface area contributed by atoms with Crippen LogP contribution in [-0.2, 0) is 12.1 Å². The van der Waals surface area contributed by atoms with E-state index in [1.807, 2.05) is 0 Å². The van der Waals surface area contributed by atoms with Crippen molar-refractivity contribution in [3.8, 4) is 0 Å². The zero-order chi connectivity index (χ0) is 27.7. The van der Waals surface area contributed by atoms with Crippen molar-refractivity contribution >= 4 is 5.91 Å². The minimum Gasteiger partial charge on any atom is -0.265 e. The SMILES string of the molecule is O=C(n1nc(C(F)(F)C(F)(F)C(F)(F)F)cc1C(F)(F)F)C(F)(F)C(F)(F)C(F)(F)C(F)(F)F. The molecule has 0 aliphatic rings. The van der Waals surface area contributed by atoms with Crippen LogP contribution in [0.2, 0.25) is 0 Å². The molecular weight excluding hydrogens is 549 g/mol. The number of aromatic nitrogens is 2. The van der Waals surface area contributed by atoms with Crippen LogP contribution in [0.1, 0.15) is 16.2 Å². The molecule has 0 N–H and O–H groups in total. The highest BCUT2D eigenvalue weighted by Crippen LogP contribution is 2.55. The van der Waals surface area contributed by atoms with Crippen molar-refractivity contribution in [2.24, 2.45) is 0 Å². The summed E-state index contributed by atoms with van der Waals surface area (Å²) in [7, 11) is 0. The first-order valence-electron chi connectivity index (χ1n) is 7.24. The Kier molecular flexibility index (Phi) is 6.54. The molecule has 198 valence electrons. The topological polar surface area (TPSA) is 34.9 Å². The molecule has 0 amide bonds. The van der Waals surface area contributed by atoms with Crippen LogP contribution in [0, 0.1) is 0 Å². The van der Waals surface area contributed by atoms with Crippen molar-refractivity contribution in [3.63, 3.8) is 0 Å². The lowest BCUT2D eigenvalue weighted by molar-refractivity contribution is -0.387. The highest BCUT2D eigenvalue weighted by molar-refractivity contribution is 5.87. The van der Waals surface area contributed by atoms with Gasteiger partial charge in [-0.05, 0) is 6.07 Å². The van der Waals surface area contributed by atoms with Crippen LogP contribution in [0.25, 0.3) is 0 Å². The quantitative estimate of drug-likeness (QED) is 0.404. The average molecular weight is 550 g/mol. The third-order valence-corrected chi connectivity index (χ3v) is 3.68. The van der Waals surface area contributed by atoms with E-state index >= 15 is 0 Å². The molecule has 0 aliphatic heterocycles. The minimum atomic E-state index is -7.96. The lowest BCUT2D eigenvalue weighted by Crippen LogP contribution is -2.64. The van der Waals surface area contributed by atoms with Gasteiger partial charge >= 0.3 is 54.0 Å². The maximum Gasteiger partial charge on any atom is 0.460 e. The van der Waals surface area contributed by atoms with Gasteiger partial charge in [0.15, 0.2) is 5.69 Å². The van der Waals surface area contributed by atoms with Crippen molar-refractivity contribution in [2.45, 2.75) is 48.1 Å². The van der Waals surface area contributed by atoms with E-state index in [4.69, 9.17) is 0 Å². The highest BCUT2D eigenvalue weighted by atomic mass is 19.4. The predicted octanol–water partition coefficient (Wildman–Crippen LogP) is 6.30.